The summed E-state index contributed by atoms with van der Waals surface area (Å²) < 4.78 is 0. The van der Waals surface area contributed by atoms with Crippen LogP contribution in [0.1, 0.15) is 26.2 Å². The van der Waals surface area contributed by atoms with Gasteiger partial charge in [-0.2, -0.15) is 0 Å². The van der Waals surface area contributed by atoms with Crippen molar-refractivity contribution in [3.05, 3.63) is 0 Å². The predicted molar refractivity (Wildman–Crippen MR) is 54.5 cm³/mol. The molecule has 0 saturated carbocycles. The highest BCUT2D eigenvalue weighted by atomic mass is 16.3. The highest BCUT2D eigenvalue weighted by Gasteiger charge is 2.33. The lowest BCUT2D eigenvalue weighted by atomic mass is 9.83. The van der Waals surface area contributed by atoms with Crippen LogP contribution in [0, 0.1) is 5.92 Å². The summed E-state index contributed by atoms with van der Waals surface area (Å²) in [5.74, 6) is 0.221. The third-order valence-corrected chi connectivity index (χ3v) is 3.35. The molecule has 13 heavy (non-hydrogen) atoms. The van der Waals surface area contributed by atoms with Crippen molar-refractivity contribution < 1.29 is 5.11 Å². The van der Waals surface area contributed by atoms with Crippen molar-refractivity contribution in [3.8, 4) is 0 Å². The van der Waals surface area contributed by atoms with Gasteiger partial charge in [0.05, 0.1) is 5.60 Å². The second kappa shape index (κ2) is 4.40. The van der Waals surface area contributed by atoms with Crippen LogP contribution in [0.15, 0.2) is 0 Å². The third-order valence-electron chi connectivity index (χ3n) is 3.35. The van der Waals surface area contributed by atoms with Crippen LogP contribution in [0.3, 0.4) is 0 Å². The lowest BCUT2D eigenvalue weighted by molar-refractivity contribution is -0.0209. The molecule has 2 atom stereocenters. The van der Waals surface area contributed by atoms with Gasteiger partial charge < -0.3 is 15.7 Å². The van der Waals surface area contributed by atoms with Gasteiger partial charge in [0, 0.05) is 6.54 Å². The van der Waals surface area contributed by atoms with E-state index in [1.165, 1.54) is 0 Å². The molecule has 1 aliphatic heterocycles. The third kappa shape index (κ3) is 2.66. The predicted octanol–water partition coefficient (Wildman–Crippen LogP) is 0.428. The number of nitrogens with two attached hydrogens (primary N) is 1. The fraction of sp³-hybridized carbons (Fsp3) is 1.00. The van der Waals surface area contributed by atoms with E-state index >= 15 is 0 Å². The second-order valence-electron chi connectivity index (χ2n) is 4.40. The van der Waals surface area contributed by atoms with Gasteiger partial charge in [-0.15, -0.1) is 0 Å². The molecule has 1 rings (SSSR count). The van der Waals surface area contributed by atoms with Crippen molar-refractivity contribution in [2.24, 2.45) is 11.7 Å². The van der Waals surface area contributed by atoms with Gasteiger partial charge in [-0.05, 0) is 45.3 Å². The zero-order valence-electron chi connectivity index (χ0n) is 8.79. The minimum Gasteiger partial charge on any atom is -0.390 e. The van der Waals surface area contributed by atoms with Crippen molar-refractivity contribution in [2.75, 3.05) is 26.7 Å². The Bertz CT molecular complexity index is 163. The first-order valence-corrected chi connectivity index (χ1v) is 5.19. The van der Waals surface area contributed by atoms with Crippen LogP contribution >= 0.6 is 0 Å². The van der Waals surface area contributed by atoms with Gasteiger partial charge in [0.15, 0.2) is 0 Å². The van der Waals surface area contributed by atoms with Crippen LogP contribution in [-0.4, -0.2) is 42.3 Å². The number of aliphatic hydroxyl groups is 1. The van der Waals surface area contributed by atoms with E-state index in [1.54, 1.807) is 0 Å². The molecule has 0 spiro atoms. The van der Waals surface area contributed by atoms with Crippen LogP contribution in [0.5, 0.6) is 0 Å². The molecule has 0 aliphatic carbocycles. The van der Waals surface area contributed by atoms with Gasteiger partial charge in [0.25, 0.3) is 0 Å². The molecule has 3 heteroatoms. The highest BCUT2D eigenvalue weighted by molar-refractivity contribution is 4.87. The first kappa shape index (κ1) is 11.0. The fourth-order valence-electron chi connectivity index (χ4n) is 1.99. The van der Waals surface area contributed by atoms with Crippen molar-refractivity contribution in [1.29, 1.82) is 0 Å². The molecule has 78 valence electrons. The van der Waals surface area contributed by atoms with E-state index in [9.17, 15) is 5.11 Å². The summed E-state index contributed by atoms with van der Waals surface area (Å²) >= 11 is 0. The average Bonchev–Trinajstić information content (AvgIpc) is 2.28. The van der Waals surface area contributed by atoms with Gasteiger partial charge in [-0.25, -0.2) is 0 Å². The SMILES string of the molecule is CC(CN)C1(O)CCCN(C)CC1. The van der Waals surface area contributed by atoms with Crippen molar-refractivity contribution in [2.45, 2.75) is 31.8 Å². The van der Waals surface area contributed by atoms with Gasteiger partial charge in [0.2, 0.25) is 0 Å². The largest absolute Gasteiger partial charge is 0.390 e. The van der Waals surface area contributed by atoms with Crippen molar-refractivity contribution in [1.82, 2.24) is 4.90 Å². The maximum Gasteiger partial charge on any atom is 0.0697 e. The molecule has 0 aromatic carbocycles. The smallest absolute Gasteiger partial charge is 0.0697 e. The maximum atomic E-state index is 10.3. The monoisotopic (exact) mass is 186 g/mol. The van der Waals surface area contributed by atoms with Crippen LogP contribution in [0.25, 0.3) is 0 Å². The van der Waals surface area contributed by atoms with E-state index in [4.69, 9.17) is 5.73 Å². The quantitative estimate of drug-likeness (QED) is 0.657. The van der Waals surface area contributed by atoms with Gasteiger partial charge in [0.1, 0.15) is 0 Å². The van der Waals surface area contributed by atoms with E-state index in [-0.39, 0.29) is 5.92 Å². The molecule has 2 unspecified atom stereocenters. The lowest BCUT2D eigenvalue weighted by Gasteiger charge is -2.32. The molecule has 1 fully saturated rings. The molecule has 0 amide bonds. The van der Waals surface area contributed by atoms with Gasteiger partial charge >= 0.3 is 0 Å². The zero-order chi connectivity index (χ0) is 9.90. The Morgan fingerprint density at radius 3 is 2.77 bits per heavy atom. The molecular weight excluding hydrogens is 164 g/mol. The standard InChI is InChI=1S/C10H22N2O/c1-9(8-11)10(13)4-3-6-12(2)7-5-10/h9,13H,3-8,11H2,1-2H3. The summed E-state index contributed by atoms with van der Waals surface area (Å²) in [6.45, 7) is 4.71. The lowest BCUT2D eigenvalue weighted by Crippen LogP contribution is -2.41. The van der Waals surface area contributed by atoms with E-state index in [0.717, 1.165) is 32.4 Å². The average molecular weight is 186 g/mol. The molecule has 0 aromatic heterocycles. The maximum absolute atomic E-state index is 10.3. The summed E-state index contributed by atoms with van der Waals surface area (Å²) in [4.78, 5) is 2.28. The summed E-state index contributed by atoms with van der Waals surface area (Å²) in [5.41, 5.74) is 5.09. The zero-order valence-corrected chi connectivity index (χ0v) is 8.79. The van der Waals surface area contributed by atoms with Crippen LogP contribution in [0.2, 0.25) is 0 Å². The number of hydrogen-bond acceptors (Lipinski definition) is 3. The Labute approximate surface area is 80.9 Å². The Hall–Kier alpha value is -0.120. The van der Waals surface area contributed by atoms with E-state index in [2.05, 4.69) is 11.9 Å². The van der Waals surface area contributed by atoms with E-state index < -0.39 is 5.60 Å². The number of nitrogens with zero attached hydrogens (tertiary/aromatic N) is 1. The molecule has 0 radical (unpaired) electrons. The van der Waals surface area contributed by atoms with Crippen molar-refractivity contribution in [3.63, 3.8) is 0 Å². The second-order valence-corrected chi connectivity index (χ2v) is 4.40. The number of hydrogen-bond donors (Lipinski definition) is 2. The molecule has 1 heterocycles. The van der Waals surface area contributed by atoms with Gasteiger partial charge in [-0.3, -0.25) is 0 Å². The molecule has 1 saturated heterocycles. The molecular formula is C10H22N2O. The minimum atomic E-state index is -0.514. The Morgan fingerprint density at radius 1 is 1.46 bits per heavy atom. The van der Waals surface area contributed by atoms with E-state index in [0.29, 0.717) is 6.54 Å². The molecule has 3 nitrogen and oxygen atoms in total. The van der Waals surface area contributed by atoms with E-state index in [1.807, 2.05) is 6.92 Å². The van der Waals surface area contributed by atoms with Gasteiger partial charge in [-0.1, -0.05) is 6.92 Å². The van der Waals surface area contributed by atoms with Crippen LogP contribution in [0.4, 0.5) is 0 Å². The normalized spacial score (nSPS) is 34.2. The molecule has 0 bridgehead atoms. The van der Waals surface area contributed by atoms with Crippen LogP contribution in [-0.2, 0) is 0 Å². The fourth-order valence-corrected chi connectivity index (χ4v) is 1.99. The summed E-state index contributed by atoms with van der Waals surface area (Å²) in [6.07, 6.45) is 2.84. The Morgan fingerprint density at radius 2 is 2.15 bits per heavy atom. The summed E-state index contributed by atoms with van der Waals surface area (Å²) in [7, 11) is 2.11. The number of rotatable bonds is 2. The summed E-state index contributed by atoms with van der Waals surface area (Å²) in [6, 6.07) is 0. The summed E-state index contributed by atoms with van der Waals surface area (Å²) in [5, 5.41) is 10.3. The molecule has 3 N–H and O–H groups in total. The number of likely N-dealkylation sites (tertiary alicyclic amines) is 1. The Kier molecular flexibility index (Phi) is 3.71. The first-order valence-electron chi connectivity index (χ1n) is 5.19. The molecule has 0 aromatic rings. The van der Waals surface area contributed by atoms with Crippen LogP contribution < -0.4 is 5.73 Å². The van der Waals surface area contributed by atoms with Crippen molar-refractivity contribution >= 4 is 0 Å². The first-order chi connectivity index (χ1) is 6.08. The highest BCUT2D eigenvalue weighted by Crippen LogP contribution is 2.28. The topological polar surface area (TPSA) is 49.5 Å². The minimum absolute atomic E-state index is 0.221. The molecule has 1 aliphatic rings. The Balaban J connectivity index is 2.56.